The summed E-state index contributed by atoms with van der Waals surface area (Å²) in [7, 11) is 4.00. The van der Waals surface area contributed by atoms with Crippen molar-refractivity contribution >= 4 is 69.1 Å². The highest BCUT2D eigenvalue weighted by atomic mass is 35.5. The average molecular weight is 600 g/mol. The highest BCUT2D eigenvalue weighted by Crippen LogP contribution is 2.45. The van der Waals surface area contributed by atoms with Gasteiger partial charge in [0.2, 0.25) is 0 Å². The Morgan fingerprint density at radius 3 is 2.51 bits per heavy atom. The summed E-state index contributed by atoms with van der Waals surface area (Å²) in [5, 5.41) is 5.60. The van der Waals surface area contributed by atoms with Crippen LogP contribution in [-0.2, 0) is 4.74 Å². The second-order valence-electron chi connectivity index (χ2n) is 11.4. The van der Waals surface area contributed by atoms with Gasteiger partial charge in [0, 0.05) is 41.2 Å². The summed E-state index contributed by atoms with van der Waals surface area (Å²) >= 11 is 6.44. The third-order valence-corrected chi connectivity index (χ3v) is 7.24. The Morgan fingerprint density at radius 2 is 1.83 bits per heavy atom. The topological polar surface area (TPSA) is 86.9 Å². The summed E-state index contributed by atoms with van der Waals surface area (Å²) < 4.78 is 11.4. The molecule has 0 aliphatic carbocycles. The molecule has 10 heteroatoms. The zero-order chi connectivity index (χ0) is 28.6. The van der Waals surface area contributed by atoms with E-state index in [9.17, 15) is 9.59 Å². The number of nitrogens with zero attached hydrogens (tertiary/aromatic N) is 2. The van der Waals surface area contributed by atoms with E-state index >= 15 is 0 Å². The maximum atomic E-state index is 13.9. The molecule has 0 fully saturated rings. The predicted molar refractivity (Wildman–Crippen MR) is 169 cm³/mol. The number of carbonyl (C=O) groups excluding carboxylic acids is 2. The Labute approximate surface area is 251 Å². The summed E-state index contributed by atoms with van der Waals surface area (Å²) in [5.41, 5.74) is 2.98. The molecule has 0 spiro atoms. The lowest BCUT2D eigenvalue weighted by atomic mass is 9.95. The van der Waals surface area contributed by atoms with E-state index in [-0.39, 0.29) is 24.2 Å². The highest BCUT2D eigenvalue weighted by Gasteiger charge is 2.35. The van der Waals surface area contributed by atoms with E-state index in [1.165, 1.54) is 0 Å². The molecule has 2 N–H and O–H groups in total. The smallest absolute Gasteiger partial charge is 0.412 e. The molecule has 2 amide bonds. The SMILES string of the molecule is CN(C)CCOc1ccc2[nH]c(C(=O)N3CC(CCl)c4c3cc(NC(=O)OC(C)(C)C)c3ccccc43)cc2c1.Cl. The first-order valence-corrected chi connectivity index (χ1v) is 13.9. The van der Waals surface area contributed by atoms with Gasteiger partial charge in [-0.15, -0.1) is 24.0 Å². The Morgan fingerprint density at radius 1 is 1.10 bits per heavy atom. The van der Waals surface area contributed by atoms with Gasteiger partial charge in [0.1, 0.15) is 23.7 Å². The zero-order valence-corrected chi connectivity index (χ0v) is 25.5. The maximum absolute atomic E-state index is 13.9. The quantitative estimate of drug-likeness (QED) is 0.223. The molecule has 0 bridgehead atoms. The highest BCUT2D eigenvalue weighted by molar-refractivity contribution is 6.20. The fraction of sp³-hybridized carbons (Fsp3) is 0.355. The third-order valence-electron chi connectivity index (χ3n) is 6.86. The van der Waals surface area contributed by atoms with Crippen LogP contribution in [0.5, 0.6) is 5.75 Å². The lowest BCUT2D eigenvalue weighted by molar-refractivity contribution is 0.0636. The van der Waals surface area contributed by atoms with Crippen molar-refractivity contribution in [2.24, 2.45) is 0 Å². The van der Waals surface area contributed by atoms with Gasteiger partial charge in [0.05, 0.1) is 11.4 Å². The largest absolute Gasteiger partial charge is 0.492 e. The van der Waals surface area contributed by atoms with Crippen molar-refractivity contribution in [1.29, 1.82) is 0 Å². The molecular weight excluding hydrogens is 563 g/mol. The van der Waals surface area contributed by atoms with E-state index in [1.807, 2.05) is 89.5 Å². The van der Waals surface area contributed by atoms with Gasteiger partial charge in [-0.1, -0.05) is 24.3 Å². The minimum Gasteiger partial charge on any atom is -0.492 e. The number of H-pyrrole nitrogens is 1. The van der Waals surface area contributed by atoms with Crippen LogP contribution in [0.1, 0.15) is 42.7 Å². The van der Waals surface area contributed by atoms with Gasteiger partial charge in [0.15, 0.2) is 0 Å². The van der Waals surface area contributed by atoms with Crippen molar-refractivity contribution in [2.75, 3.05) is 49.9 Å². The normalized spacial score (nSPS) is 14.7. The third kappa shape index (κ3) is 6.56. The molecule has 1 aliphatic rings. The Balaban J connectivity index is 0.00000387. The van der Waals surface area contributed by atoms with Crippen LogP contribution < -0.4 is 15.0 Å². The average Bonchev–Trinajstić information content (AvgIpc) is 3.48. The first-order chi connectivity index (χ1) is 19.0. The zero-order valence-electron chi connectivity index (χ0n) is 23.9. The molecule has 0 saturated carbocycles. The summed E-state index contributed by atoms with van der Waals surface area (Å²) in [6.45, 7) is 7.28. The predicted octanol–water partition coefficient (Wildman–Crippen LogP) is 7.01. The number of benzene rings is 3. The molecule has 41 heavy (non-hydrogen) atoms. The molecule has 3 aromatic carbocycles. The number of nitrogens with one attached hydrogen (secondary N) is 2. The van der Waals surface area contributed by atoms with Crippen molar-refractivity contribution in [2.45, 2.75) is 32.3 Å². The summed E-state index contributed by atoms with van der Waals surface area (Å²) in [4.78, 5) is 33.7. The van der Waals surface area contributed by atoms with E-state index in [0.717, 1.165) is 45.2 Å². The van der Waals surface area contributed by atoms with Gasteiger partial charge < -0.3 is 24.3 Å². The second-order valence-corrected chi connectivity index (χ2v) is 11.7. The Hall–Kier alpha value is -3.46. The minimum atomic E-state index is -0.644. The van der Waals surface area contributed by atoms with E-state index in [4.69, 9.17) is 21.1 Å². The first kappa shape index (κ1) is 30.5. The number of alkyl halides is 1. The molecule has 1 atom stereocenters. The molecule has 1 unspecified atom stereocenters. The summed E-state index contributed by atoms with van der Waals surface area (Å²) in [6, 6.07) is 17.3. The number of hydrogen-bond donors (Lipinski definition) is 2. The minimum absolute atomic E-state index is 0. The van der Waals surface area contributed by atoms with Crippen LogP contribution in [0.25, 0.3) is 21.7 Å². The fourth-order valence-corrected chi connectivity index (χ4v) is 5.34. The van der Waals surface area contributed by atoms with E-state index in [0.29, 0.717) is 30.4 Å². The maximum Gasteiger partial charge on any atom is 0.412 e. The molecular formula is C31H36Cl2N4O4. The number of carbonyl (C=O) groups is 2. The van der Waals surface area contributed by atoms with Crippen molar-refractivity contribution in [1.82, 2.24) is 9.88 Å². The van der Waals surface area contributed by atoms with Crippen LogP contribution in [0.2, 0.25) is 0 Å². The molecule has 0 saturated heterocycles. The number of anilines is 2. The van der Waals surface area contributed by atoms with Crippen molar-refractivity contribution < 1.29 is 19.1 Å². The number of amides is 2. The van der Waals surface area contributed by atoms with Crippen LogP contribution in [-0.4, -0.2) is 67.2 Å². The first-order valence-electron chi connectivity index (χ1n) is 13.4. The van der Waals surface area contributed by atoms with Crippen LogP contribution >= 0.6 is 24.0 Å². The van der Waals surface area contributed by atoms with Crippen LogP contribution in [0.15, 0.2) is 54.6 Å². The standard InChI is InChI=1S/C31H35ClN4O4.ClH/c1-31(2,3)40-30(38)34-25-16-27-28(23-9-7-6-8-22(23)25)20(17-32)18-36(27)29(37)26-15-19-14-21(10-11-24(19)33-26)39-13-12-35(4)5;/h6-11,14-16,20,33H,12-13,17-18H2,1-5H3,(H,34,38);1H. The van der Waals surface area contributed by atoms with E-state index in [1.54, 1.807) is 4.90 Å². The van der Waals surface area contributed by atoms with Gasteiger partial charge in [0.25, 0.3) is 5.91 Å². The summed E-state index contributed by atoms with van der Waals surface area (Å²) in [5.74, 6) is 0.895. The lowest BCUT2D eigenvalue weighted by Crippen LogP contribution is -2.30. The van der Waals surface area contributed by atoms with Crippen molar-refractivity contribution in [3.05, 3.63) is 65.9 Å². The monoisotopic (exact) mass is 598 g/mol. The number of aromatic amines is 1. The van der Waals surface area contributed by atoms with Crippen LogP contribution in [0, 0.1) is 0 Å². The number of rotatable bonds is 7. The molecule has 8 nitrogen and oxygen atoms in total. The number of fused-ring (bicyclic) bond motifs is 4. The molecule has 1 aliphatic heterocycles. The number of hydrogen-bond acceptors (Lipinski definition) is 5. The van der Waals surface area contributed by atoms with Crippen LogP contribution in [0.3, 0.4) is 0 Å². The number of halogens is 2. The van der Waals surface area contributed by atoms with Crippen LogP contribution in [0.4, 0.5) is 16.2 Å². The number of ether oxygens (including phenoxy) is 2. The van der Waals surface area contributed by atoms with E-state index in [2.05, 4.69) is 15.2 Å². The van der Waals surface area contributed by atoms with Gasteiger partial charge in [-0.3, -0.25) is 10.1 Å². The molecule has 1 aromatic heterocycles. The number of aromatic nitrogens is 1. The Bertz CT molecular complexity index is 1580. The van der Waals surface area contributed by atoms with Gasteiger partial charge in [-0.25, -0.2) is 4.79 Å². The van der Waals surface area contributed by atoms with Gasteiger partial charge in [-0.2, -0.15) is 0 Å². The second kappa shape index (κ2) is 12.2. The molecule has 5 rings (SSSR count). The van der Waals surface area contributed by atoms with Crippen molar-refractivity contribution in [3.8, 4) is 5.75 Å². The molecule has 4 aromatic rings. The fourth-order valence-electron chi connectivity index (χ4n) is 5.09. The van der Waals surface area contributed by atoms with E-state index < -0.39 is 11.7 Å². The van der Waals surface area contributed by atoms with Crippen molar-refractivity contribution in [3.63, 3.8) is 0 Å². The summed E-state index contributed by atoms with van der Waals surface area (Å²) in [6.07, 6.45) is -0.554. The molecule has 0 radical (unpaired) electrons. The number of likely N-dealkylation sites (N-methyl/N-ethyl adjacent to an activating group) is 1. The Kier molecular flexibility index (Phi) is 9.07. The molecule has 2 heterocycles. The van der Waals surface area contributed by atoms with Gasteiger partial charge in [-0.05, 0) is 76.1 Å². The molecule has 218 valence electrons. The van der Waals surface area contributed by atoms with Gasteiger partial charge >= 0.3 is 6.09 Å². The lowest BCUT2D eigenvalue weighted by Gasteiger charge is -2.22.